The molecular formula is C7H6Cl2N2O. The van der Waals surface area contributed by atoms with Gasteiger partial charge in [0.1, 0.15) is 11.6 Å². The van der Waals surface area contributed by atoms with Crippen molar-refractivity contribution in [3.05, 3.63) is 27.7 Å². The van der Waals surface area contributed by atoms with Gasteiger partial charge in [-0.15, -0.1) is 0 Å². The number of phenols is 1. The maximum absolute atomic E-state index is 9.08. The molecule has 0 bridgehead atoms. The molecule has 0 amide bonds. The van der Waals surface area contributed by atoms with Gasteiger partial charge >= 0.3 is 0 Å². The second-order valence-corrected chi connectivity index (χ2v) is 3.01. The molecule has 0 saturated heterocycles. The molecule has 1 rings (SSSR count). The van der Waals surface area contributed by atoms with Crippen LogP contribution in [-0.2, 0) is 0 Å². The van der Waals surface area contributed by atoms with Gasteiger partial charge in [-0.3, -0.25) is 5.41 Å². The van der Waals surface area contributed by atoms with Crippen LogP contribution >= 0.6 is 23.2 Å². The average Bonchev–Trinajstić information content (AvgIpc) is 1.96. The van der Waals surface area contributed by atoms with Crippen molar-refractivity contribution < 1.29 is 5.11 Å². The molecule has 64 valence electrons. The molecule has 12 heavy (non-hydrogen) atoms. The first kappa shape index (κ1) is 9.16. The smallest absolute Gasteiger partial charge is 0.135 e. The number of phenolic OH excluding ortho intramolecular Hbond substituents is 1. The van der Waals surface area contributed by atoms with Gasteiger partial charge in [0.05, 0.1) is 10.0 Å². The van der Waals surface area contributed by atoms with Gasteiger partial charge in [0, 0.05) is 11.6 Å². The molecule has 0 aromatic heterocycles. The number of benzene rings is 1. The Kier molecular flexibility index (Phi) is 2.45. The highest BCUT2D eigenvalue weighted by molar-refractivity contribution is 6.36. The quantitative estimate of drug-likeness (QED) is 0.484. The highest BCUT2D eigenvalue weighted by Crippen LogP contribution is 2.29. The van der Waals surface area contributed by atoms with E-state index in [9.17, 15) is 0 Å². The number of aromatic hydroxyl groups is 1. The van der Waals surface area contributed by atoms with Gasteiger partial charge in [-0.25, -0.2) is 0 Å². The number of rotatable bonds is 1. The molecule has 0 heterocycles. The summed E-state index contributed by atoms with van der Waals surface area (Å²) in [6, 6.07) is 2.60. The van der Waals surface area contributed by atoms with Gasteiger partial charge < -0.3 is 10.8 Å². The Morgan fingerprint density at radius 3 is 2.42 bits per heavy atom. The molecule has 5 heteroatoms. The number of hydrogen-bond acceptors (Lipinski definition) is 2. The van der Waals surface area contributed by atoms with Gasteiger partial charge in [0.25, 0.3) is 0 Å². The number of nitrogens with one attached hydrogen (secondary N) is 1. The molecule has 0 fully saturated rings. The van der Waals surface area contributed by atoms with E-state index in [1.54, 1.807) is 0 Å². The van der Waals surface area contributed by atoms with Crippen LogP contribution in [0.5, 0.6) is 5.75 Å². The Hall–Kier alpha value is -0.930. The Bertz CT molecular complexity index is 338. The number of nitrogen functional groups attached to an aromatic ring is 1. The molecule has 0 spiro atoms. The Balaban J connectivity index is 3.33. The molecule has 0 aliphatic carbocycles. The van der Waals surface area contributed by atoms with Crippen LogP contribution in [0.4, 0.5) is 0 Å². The lowest BCUT2D eigenvalue weighted by molar-refractivity contribution is 0.475. The molecule has 4 N–H and O–H groups in total. The third-order valence-electron chi connectivity index (χ3n) is 1.33. The molecule has 3 nitrogen and oxygen atoms in total. The van der Waals surface area contributed by atoms with Crippen LogP contribution in [0.1, 0.15) is 5.56 Å². The van der Waals surface area contributed by atoms with Crippen molar-refractivity contribution >= 4 is 29.0 Å². The molecule has 0 aliphatic rings. The number of nitrogens with two attached hydrogens (primary N) is 1. The molecule has 0 atom stereocenters. The summed E-state index contributed by atoms with van der Waals surface area (Å²) < 4.78 is 0. The lowest BCUT2D eigenvalue weighted by atomic mass is 10.2. The fraction of sp³-hybridized carbons (Fsp3) is 0. The van der Waals surface area contributed by atoms with Gasteiger partial charge in [-0.1, -0.05) is 23.2 Å². The second kappa shape index (κ2) is 3.21. The van der Waals surface area contributed by atoms with Crippen LogP contribution in [0.25, 0.3) is 0 Å². The molecule has 0 saturated carbocycles. The fourth-order valence-corrected chi connectivity index (χ4v) is 1.17. The first-order chi connectivity index (χ1) is 5.52. The summed E-state index contributed by atoms with van der Waals surface area (Å²) in [6.07, 6.45) is 0. The van der Waals surface area contributed by atoms with Crippen molar-refractivity contribution in [2.45, 2.75) is 0 Å². The third-order valence-corrected chi connectivity index (χ3v) is 1.94. The Morgan fingerprint density at radius 2 is 1.92 bits per heavy atom. The summed E-state index contributed by atoms with van der Waals surface area (Å²) in [4.78, 5) is 0. The summed E-state index contributed by atoms with van der Waals surface area (Å²) >= 11 is 11.2. The lowest BCUT2D eigenvalue weighted by Crippen LogP contribution is -2.11. The first-order valence-electron chi connectivity index (χ1n) is 3.04. The predicted molar refractivity (Wildman–Crippen MR) is 49.1 cm³/mol. The van der Waals surface area contributed by atoms with Crippen LogP contribution in [-0.4, -0.2) is 10.9 Å². The monoisotopic (exact) mass is 204 g/mol. The third kappa shape index (κ3) is 1.62. The minimum absolute atomic E-state index is 0.119. The van der Waals surface area contributed by atoms with Gasteiger partial charge in [-0.05, 0) is 6.07 Å². The van der Waals surface area contributed by atoms with E-state index in [2.05, 4.69) is 0 Å². The topological polar surface area (TPSA) is 70.1 Å². The predicted octanol–water partition coefficient (Wildman–Crippen LogP) is 1.98. The van der Waals surface area contributed by atoms with E-state index in [1.807, 2.05) is 0 Å². The number of amidine groups is 1. The van der Waals surface area contributed by atoms with Gasteiger partial charge in [-0.2, -0.15) is 0 Å². The largest absolute Gasteiger partial charge is 0.506 e. The lowest BCUT2D eigenvalue weighted by Gasteiger charge is -2.03. The zero-order chi connectivity index (χ0) is 9.30. The van der Waals surface area contributed by atoms with Crippen LogP contribution in [0.2, 0.25) is 10.0 Å². The van der Waals surface area contributed by atoms with E-state index in [-0.39, 0.29) is 21.6 Å². The number of hydrogen-bond donors (Lipinski definition) is 3. The maximum atomic E-state index is 9.08. The normalized spacial score (nSPS) is 9.83. The molecule has 1 aromatic carbocycles. The highest BCUT2D eigenvalue weighted by atomic mass is 35.5. The maximum Gasteiger partial charge on any atom is 0.135 e. The second-order valence-electron chi connectivity index (χ2n) is 2.20. The van der Waals surface area contributed by atoms with Crippen molar-refractivity contribution in [2.24, 2.45) is 5.73 Å². The molecule has 0 aliphatic heterocycles. The van der Waals surface area contributed by atoms with Crippen molar-refractivity contribution in [1.29, 1.82) is 5.41 Å². The van der Waals surface area contributed by atoms with E-state index in [0.717, 1.165) is 0 Å². The van der Waals surface area contributed by atoms with E-state index in [1.165, 1.54) is 12.1 Å². The molecule has 1 aromatic rings. The summed E-state index contributed by atoms with van der Waals surface area (Å²) in [7, 11) is 0. The van der Waals surface area contributed by atoms with Crippen molar-refractivity contribution in [3.63, 3.8) is 0 Å². The van der Waals surface area contributed by atoms with Crippen molar-refractivity contribution in [2.75, 3.05) is 0 Å². The Labute approximate surface area is 79.2 Å². The minimum Gasteiger partial charge on any atom is -0.506 e. The SMILES string of the molecule is N=C(N)c1cc(Cl)c(O)cc1Cl. The first-order valence-corrected chi connectivity index (χ1v) is 3.80. The average molecular weight is 205 g/mol. The molecule has 0 radical (unpaired) electrons. The zero-order valence-electron chi connectivity index (χ0n) is 5.94. The fourth-order valence-electron chi connectivity index (χ4n) is 0.743. The number of halogens is 2. The van der Waals surface area contributed by atoms with E-state index < -0.39 is 0 Å². The van der Waals surface area contributed by atoms with Crippen molar-refractivity contribution in [3.8, 4) is 5.75 Å². The highest BCUT2D eigenvalue weighted by Gasteiger charge is 2.07. The van der Waals surface area contributed by atoms with Crippen LogP contribution in [0.3, 0.4) is 0 Å². The summed E-state index contributed by atoms with van der Waals surface area (Å²) in [5.41, 5.74) is 5.51. The van der Waals surface area contributed by atoms with Gasteiger partial charge in [0.2, 0.25) is 0 Å². The minimum atomic E-state index is -0.179. The molecular weight excluding hydrogens is 199 g/mol. The van der Waals surface area contributed by atoms with Gasteiger partial charge in [0.15, 0.2) is 0 Å². The summed E-state index contributed by atoms with van der Waals surface area (Å²) in [6.45, 7) is 0. The van der Waals surface area contributed by atoms with Crippen LogP contribution in [0, 0.1) is 5.41 Å². The van der Waals surface area contributed by atoms with Crippen LogP contribution < -0.4 is 5.73 Å². The van der Waals surface area contributed by atoms with E-state index >= 15 is 0 Å². The van der Waals surface area contributed by atoms with E-state index in [4.69, 9.17) is 39.5 Å². The van der Waals surface area contributed by atoms with E-state index in [0.29, 0.717) is 5.56 Å². The summed E-state index contributed by atoms with van der Waals surface area (Å²) in [5.74, 6) is -0.298. The van der Waals surface area contributed by atoms with Crippen molar-refractivity contribution in [1.82, 2.24) is 0 Å². The van der Waals surface area contributed by atoms with Crippen LogP contribution in [0.15, 0.2) is 12.1 Å². The summed E-state index contributed by atoms with van der Waals surface area (Å²) in [5, 5.41) is 16.5. The molecule has 0 unspecified atom stereocenters. The zero-order valence-corrected chi connectivity index (χ0v) is 7.45. The standard InChI is InChI=1S/C7H6Cl2N2O/c8-4-2-6(12)5(9)1-3(4)7(10)11/h1-2,12H,(H3,10,11). The Morgan fingerprint density at radius 1 is 1.33 bits per heavy atom.